The number of esters is 1. The van der Waals surface area contributed by atoms with Crippen LogP contribution < -0.4 is 10.5 Å². The fourth-order valence-electron chi connectivity index (χ4n) is 1.59. The highest BCUT2D eigenvalue weighted by molar-refractivity contribution is 5.92. The fraction of sp³-hybridized carbons (Fsp3) is 0.231. The van der Waals surface area contributed by atoms with Gasteiger partial charge in [-0.05, 0) is 19.1 Å². The minimum Gasteiger partial charge on any atom is -0.497 e. The van der Waals surface area contributed by atoms with Crippen LogP contribution in [0.5, 0.6) is 5.75 Å². The molecular formula is C13H13FN2O4. The largest absolute Gasteiger partial charge is 0.497 e. The lowest BCUT2D eigenvalue weighted by Gasteiger charge is -2.01. The van der Waals surface area contributed by atoms with Gasteiger partial charge in [0.1, 0.15) is 11.6 Å². The van der Waals surface area contributed by atoms with Gasteiger partial charge in [0.2, 0.25) is 17.5 Å². The van der Waals surface area contributed by atoms with Crippen molar-refractivity contribution in [3.8, 4) is 17.2 Å². The van der Waals surface area contributed by atoms with E-state index < -0.39 is 11.8 Å². The van der Waals surface area contributed by atoms with Gasteiger partial charge in [-0.3, -0.25) is 0 Å². The molecule has 0 bridgehead atoms. The van der Waals surface area contributed by atoms with Crippen LogP contribution in [0.4, 0.5) is 10.3 Å². The molecule has 2 rings (SSSR count). The number of anilines is 1. The van der Waals surface area contributed by atoms with E-state index in [2.05, 4.69) is 4.98 Å². The van der Waals surface area contributed by atoms with E-state index in [9.17, 15) is 9.18 Å². The summed E-state index contributed by atoms with van der Waals surface area (Å²) in [6, 6.07) is 4.15. The molecule has 1 heterocycles. The van der Waals surface area contributed by atoms with Crippen LogP contribution in [0, 0.1) is 5.82 Å². The van der Waals surface area contributed by atoms with E-state index in [0.717, 1.165) is 0 Å². The maximum atomic E-state index is 13.9. The number of hydrogen-bond acceptors (Lipinski definition) is 6. The standard InChI is InChI=1S/C13H13FN2O4/c1-3-19-13(17)10-11(15)20-12(16-10)8-5-4-7(18-2)6-9(8)14/h4-6H,3,15H2,1-2H3. The van der Waals surface area contributed by atoms with Crippen LogP contribution in [-0.2, 0) is 4.74 Å². The molecule has 0 aliphatic heterocycles. The van der Waals surface area contributed by atoms with Crippen LogP contribution in [-0.4, -0.2) is 24.7 Å². The molecule has 0 saturated carbocycles. The Morgan fingerprint density at radius 2 is 2.25 bits per heavy atom. The summed E-state index contributed by atoms with van der Waals surface area (Å²) in [5, 5.41) is 0. The highest BCUT2D eigenvalue weighted by atomic mass is 19.1. The number of nitrogen functional groups attached to an aromatic ring is 1. The third-order valence-electron chi connectivity index (χ3n) is 2.53. The summed E-state index contributed by atoms with van der Waals surface area (Å²) in [5.74, 6) is -1.26. The average molecular weight is 280 g/mol. The van der Waals surface area contributed by atoms with Crippen molar-refractivity contribution in [2.75, 3.05) is 19.5 Å². The Kier molecular flexibility index (Phi) is 3.88. The van der Waals surface area contributed by atoms with Crippen molar-refractivity contribution in [1.82, 2.24) is 4.98 Å². The first-order chi connectivity index (χ1) is 9.56. The van der Waals surface area contributed by atoms with Crippen LogP contribution in [0.15, 0.2) is 22.6 Å². The molecule has 0 amide bonds. The molecule has 0 atom stereocenters. The minimum atomic E-state index is -0.714. The molecule has 0 aliphatic rings. The SMILES string of the molecule is CCOC(=O)c1nc(-c2ccc(OC)cc2F)oc1N. The molecule has 106 valence electrons. The van der Waals surface area contributed by atoms with Gasteiger partial charge in [0.25, 0.3) is 0 Å². The normalized spacial score (nSPS) is 10.3. The maximum absolute atomic E-state index is 13.9. The van der Waals surface area contributed by atoms with Gasteiger partial charge in [-0.1, -0.05) is 0 Å². The molecule has 2 aromatic rings. The van der Waals surface area contributed by atoms with Crippen LogP contribution in [0.1, 0.15) is 17.4 Å². The van der Waals surface area contributed by atoms with Crippen LogP contribution >= 0.6 is 0 Å². The van der Waals surface area contributed by atoms with Gasteiger partial charge >= 0.3 is 5.97 Å². The van der Waals surface area contributed by atoms with Crippen LogP contribution in [0.2, 0.25) is 0 Å². The van der Waals surface area contributed by atoms with E-state index in [1.165, 1.54) is 19.2 Å². The quantitative estimate of drug-likeness (QED) is 0.864. The monoisotopic (exact) mass is 280 g/mol. The van der Waals surface area contributed by atoms with Gasteiger partial charge in [0, 0.05) is 6.07 Å². The number of carbonyl (C=O) groups excluding carboxylic acids is 1. The number of carbonyl (C=O) groups is 1. The number of ether oxygens (including phenoxy) is 2. The Hall–Kier alpha value is -2.57. The van der Waals surface area contributed by atoms with Gasteiger partial charge in [0.15, 0.2) is 0 Å². The number of oxazole rings is 1. The molecule has 0 unspecified atom stereocenters. The lowest BCUT2D eigenvalue weighted by molar-refractivity contribution is 0.0521. The van der Waals surface area contributed by atoms with E-state index in [4.69, 9.17) is 19.6 Å². The first kappa shape index (κ1) is 13.9. The number of nitrogens with two attached hydrogens (primary N) is 1. The second-order valence-electron chi connectivity index (χ2n) is 3.80. The third kappa shape index (κ3) is 2.56. The number of aromatic nitrogens is 1. The van der Waals surface area contributed by atoms with E-state index >= 15 is 0 Å². The second-order valence-corrected chi connectivity index (χ2v) is 3.80. The molecule has 1 aromatic carbocycles. The maximum Gasteiger partial charge on any atom is 0.362 e. The Morgan fingerprint density at radius 3 is 2.85 bits per heavy atom. The van der Waals surface area contributed by atoms with Crippen molar-refractivity contribution in [3.63, 3.8) is 0 Å². The molecule has 0 fully saturated rings. The average Bonchev–Trinajstić information content (AvgIpc) is 2.80. The van der Waals surface area contributed by atoms with E-state index in [-0.39, 0.29) is 29.6 Å². The summed E-state index contributed by atoms with van der Waals surface area (Å²) in [6.07, 6.45) is 0. The molecule has 20 heavy (non-hydrogen) atoms. The first-order valence-electron chi connectivity index (χ1n) is 5.84. The van der Waals surface area contributed by atoms with Crippen molar-refractivity contribution in [2.45, 2.75) is 6.92 Å². The van der Waals surface area contributed by atoms with Crippen molar-refractivity contribution in [3.05, 3.63) is 29.7 Å². The van der Waals surface area contributed by atoms with Crippen LogP contribution in [0.3, 0.4) is 0 Å². The Balaban J connectivity index is 2.39. The zero-order valence-electron chi connectivity index (χ0n) is 11.0. The zero-order chi connectivity index (χ0) is 14.7. The highest BCUT2D eigenvalue weighted by Gasteiger charge is 2.21. The minimum absolute atomic E-state index is 0.0769. The Labute approximate surface area is 114 Å². The molecule has 2 N–H and O–H groups in total. The van der Waals surface area contributed by atoms with Gasteiger partial charge in [0.05, 0.1) is 19.3 Å². The predicted octanol–water partition coefficient (Wildman–Crippen LogP) is 2.25. The van der Waals surface area contributed by atoms with Crippen molar-refractivity contribution >= 4 is 11.9 Å². The molecule has 7 heteroatoms. The van der Waals surface area contributed by atoms with Crippen LogP contribution in [0.25, 0.3) is 11.5 Å². The van der Waals surface area contributed by atoms with Crippen molar-refractivity contribution in [1.29, 1.82) is 0 Å². The second kappa shape index (κ2) is 5.60. The molecular weight excluding hydrogens is 267 g/mol. The van der Waals surface area contributed by atoms with E-state index in [0.29, 0.717) is 5.75 Å². The lowest BCUT2D eigenvalue weighted by atomic mass is 10.2. The smallest absolute Gasteiger partial charge is 0.362 e. The van der Waals surface area contributed by atoms with Gasteiger partial charge in [-0.15, -0.1) is 0 Å². The topological polar surface area (TPSA) is 87.6 Å². The number of halogens is 1. The van der Waals surface area contributed by atoms with Crippen molar-refractivity contribution in [2.24, 2.45) is 0 Å². The Morgan fingerprint density at radius 1 is 1.50 bits per heavy atom. The van der Waals surface area contributed by atoms with E-state index in [1.807, 2.05) is 0 Å². The lowest BCUT2D eigenvalue weighted by Crippen LogP contribution is -2.07. The fourth-order valence-corrected chi connectivity index (χ4v) is 1.59. The molecule has 0 saturated heterocycles. The molecule has 6 nitrogen and oxygen atoms in total. The summed E-state index contributed by atoms with van der Waals surface area (Å²) in [7, 11) is 1.43. The summed E-state index contributed by atoms with van der Waals surface area (Å²) in [5.41, 5.74) is 5.45. The van der Waals surface area contributed by atoms with Gasteiger partial charge in [-0.2, -0.15) is 4.98 Å². The number of nitrogens with zero attached hydrogens (tertiary/aromatic N) is 1. The van der Waals surface area contributed by atoms with Crippen molar-refractivity contribution < 1.29 is 23.1 Å². The first-order valence-corrected chi connectivity index (χ1v) is 5.84. The van der Waals surface area contributed by atoms with Gasteiger partial charge < -0.3 is 19.6 Å². The van der Waals surface area contributed by atoms with Gasteiger partial charge in [-0.25, -0.2) is 9.18 Å². The molecule has 0 aliphatic carbocycles. The summed E-state index contributed by atoms with van der Waals surface area (Å²) < 4.78 is 28.6. The summed E-state index contributed by atoms with van der Waals surface area (Å²) >= 11 is 0. The predicted molar refractivity (Wildman–Crippen MR) is 68.8 cm³/mol. The summed E-state index contributed by atoms with van der Waals surface area (Å²) in [6.45, 7) is 1.83. The molecule has 0 spiro atoms. The highest BCUT2D eigenvalue weighted by Crippen LogP contribution is 2.28. The number of benzene rings is 1. The third-order valence-corrected chi connectivity index (χ3v) is 2.53. The zero-order valence-corrected chi connectivity index (χ0v) is 11.0. The number of rotatable bonds is 4. The molecule has 0 radical (unpaired) electrons. The Bertz CT molecular complexity index is 639. The number of methoxy groups -OCH3 is 1. The molecule has 1 aromatic heterocycles. The van der Waals surface area contributed by atoms with E-state index in [1.54, 1.807) is 13.0 Å². The summed E-state index contributed by atoms with van der Waals surface area (Å²) in [4.78, 5) is 15.4. The number of hydrogen-bond donors (Lipinski definition) is 1.